The molecule has 1 aromatic heterocycles. The Labute approximate surface area is 141 Å². The van der Waals surface area contributed by atoms with Crippen molar-refractivity contribution in [2.75, 3.05) is 20.2 Å². The smallest absolute Gasteiger partial charge is 0.240 e. The molecule has 1 aliphatic heterocycles. The number of nitrogens with one attached hydrogen (secondary N) is 2. The summed E-state index contributed by atoms with van der Waals surface area (Å²) in [7, 11) is 1.80. The van der Waals surface area contributed by atoms with Crippen LogP contribution in [0.3, 0.4) is 0 Å². The third-order valence-electron chi connectivity index (χ3n) is 4.06. The van der Waals surface area contributed by atoms with Crippen molar-refractivity contribution >= 4 is 5.91 Å². The van der Waals surface area contributed by atoms with E-state index in [1.54, 1.807) is 18.1 Å². The summed E-state index contributed by atoms with van der Waals surface area (Å²) in [5.41, 5.74) is 7.16. The van der Waals surface area contributed by atoms with Crippen LogP contribution in [-0.4, -0.2) is 42.0 Å². The van der Waals surface area contributed by atoms with Gasteiger partial charge in [0, 0.05) is 13.2 Å². The number of hydrazine groups is 1. The van der Waals surface area contributed by atoms with Crippen LogP contribution in [0.2, 0.25) is 0 Å². The molecule has 2 N–H and O–H groups in total. The van der Waals surface area contributed by atoms with E-state index in [4.69, 9.17) is 4.74 Å². The zero-order valence-corrected chi connectivity index (χ0v) is 13.7. The third kappa shape index (κ3) is 4.10. The molecule has 1 aliphatic rings. The van der Waals surface area contributed by atoms with Gasteiger partial charge in [-0.15, -0.1) is 0 Å². The predicted octanol–water partition coefficient (Wildman–Crippen LogP) is 1.53. The van der Waals surface area contributed by atoms with Crippen LogP contribution in [0.15, 0.2) is 54.7 Å². The standard InChI is InChI=1S/C18H22N4O2/c1-22(11-12-24-14-7-3-2-4-8-14)18(23)17-13-16(20-21-17)15-9-5-6-10-19-15/h2-10,16-17,20-21H,11-13H2,1H3. The van der Waals surface area contributed by atoms with E-state index in [0.29, 0.717) is 19.6 Å². The first kappa shape index (κ1) is 16.4. The summed E-state index contributed by atoms with van der Waals surface area (Å²) in [5.74, 6) is 0.867. The van der Waals surface area contributed by atoms with Crippen molar-refractivity contribution in [1.29, 1.82) is 0 Å². The molecule has 0 saturated carbocycles. The van der Waals surface area contributed by atoms with Gasteiger partial charge >= 0.3 is 0 Å². The number of carbonyl (C=O) groups excluding carboxylic acids is 1. The molecule has 0 spiro atoms. The van der Waals surface area contributed by atoms with Gasteiger partial charge in [0.15, 0.2) is 0 Å². The molecule has 0 bridgehead atoms. The number of ether oxygens (including phenoxy) is 1. The molecule has 2 heterocycles. The molecule has 0 aliphatic carbocycles. The van der Waals surface area contributed by atoms with Crippen LogP contribution in [-0.2, 0) is 4.79 Å². The quantitative estimate of drug-likeness (QED) is 0.843. The average Bonchev–Trinajstić information content (AvgIpc) is 3.13. The fourth-order valence-electron chi connectivity index (χ4n) is 2.69. The number of para-hydroxylation sites is 1. The number of hydrogen-bond acceptors (Lipinski definition) is 5. The molecule has 2 atom stereocenters. The van der Waals surface area contributed by atoms with Gasteiger partial charge in [-0.3, -0.25) is 9.78 Å². The molecule has 6 nitrogen and oxygen atoms in total. The second-order valence-corrected chi connectivity index (χ2v) is 5.81. The van der Waals surface area contributed by atoms with E-state index in [1.165, 1.54) is 0 Å². The lowest BCUT2D eigenvalue weighted by Crippen LogP contribution is -2.45. The van der Waals surface area contributed by atoms with Crippen LogP contribution in [0.5, 0.6) is 5.75 Å². The minimum Gasteiger partial charge on any atom is -0.492 e. The Morgan fingerprint density at radius 3 is 2.75 bits per heavy atom. The van der Waals surface area contributed by atoms with Gasteiger partial charge in [0.05, 0.1) is 18.3 Å². The second kappa shape index (κ2) is 7.90. The second-order valence-electron chi connectivity index (χ2n) is 5.81. The highest BCUT2D eigenvalue weighted by atomic mass is 16.5. The summed E-state index contributed by atoms with van der Waals surface area (Å²) in [6.45, 7) is 1.01. The highest BCUT2D eigenvalue weighted by Crippen LogP contribution is 2.20. The Kier molecular flexibility index (Phi) is 5.40. The van der Waals surface area contributed by atoms with Gasteiger partial charge in [-0.05, 0) is 30.7 Å². The first-order chi connectivity index (χ1) is 11.7. The largest absolute Gasteiger partial charge is 0.492 e. The van der Waals surface area contributed by atoms with Crippen LogP contribution in [0.25, 0.3) is 0 Å². The number of nitrogens with zero attached hydrogens (tertiary/aromatic N) is 2. The summed E-state index contributed by atoms with van der Waals surface area (Å²) < 4.78 is 5.64. The van der Waals surface area contributed by atoms with E-state index < -0.39 is 0 Å². The summed E-state index contributed by atoms with van der Waals surface area (Å²) in [6.07, 6.45) is 2.44. The van der Waals surface area contributed by atoms with Crippen molar-refractivity contribution in [3.63, 3.8) is 0 Å². The van der Waals surface area contributed by atoms with E-state index in [0.717, 1.165) is 11.4 Å². The number of aromatic nitrogens is 1. The minimum atomic E-state index is -0.251. The van der Waals surface area contributed by atoms with E-state index in [1.807, 2.05) is 48.5 Å². The molecule has 2 aromatic rings. The molecular formula is C18H22N4O2. The van der Waals surface area contributed by atoms with Crippen molar-refractivity contribution in [3.8, 4) is 5.75 Å². The van der Waals surface area contributed by atoms with Crippen LogP contribution in [0, 0.1) is 0 Å². The van der Waals surface area contributed by atoms with Crippen LogP contribution >= 0.6 is 0 Å². The Hall–Kier alpha value is -2.44. The highest BCUT2D eigenvalue weighted by molar-refractivity contribution is 5.82. The first-order valence-corrected chi connectivity index (χ1v) is 8.09. The van der Waals surface area contributed by atoms with Crippen molar-refractivity contribution in [2.45, 2.75) is 18.5 Å². The van der Waals surface area contributed by atoms with Gasteiger partial charge in [0.25, 0.3) is 0 Å². The Balaban J connectivity index is 1.46. The molecular weight excluding hydrogens is 304 g/mol. The van der Waals surface area contributed by atoms with E-state index >= 15 is 0 Å². The Morgan fingerprint density at radius 1 is 1.21 bits per heavy atom. The predicted molar refractivity (Wildman–Crippen MR) is 91.2 cm³/mol. The third-order valence-corrected chi connectivity index (χ3v) is 4.06. The van der Waals surface area contributed by atoms with E-state index in [-0.39, 0.29) is 18.0 Å². The zero-order valence-electron chi connectivity index (χ0n) is 13.7. The van der Waals surface area contributed by atoms with Crippen molar-refractivity contribution in [2.24, 2.45) is 0 Å². The maximum atomic E-state index is 12.5. The fraction of sp³-hybridized carbons (Fsp3) is 0.333. The fourth-order valence-corrected chi connectivity index (χ4v) is 2.69. The van der Waals surface area contributed by atoms with Crippen LogP contribution in [0.4, 0.5) is 0 Å². The van der Waals surface area contributed by atoms with Crippen LogP contribution < -0.4 is 15.6 Å². The van der Waals surface area contributed by atoms with Gasteiger partial charge in [0.1, 0.15) is 18.4 Å². The van der Waals surface area contributed by atoms with E-state index in [2.05, 4.69) is 15.8 Å². The molecule has 1 aromatic carbocycles. The Bertz CT molecular complexity index is 651. The molecule has 126 valence electrons. The minimum absolute atomic E-state index is 0.0501. The maximum absolute atomic E-state index is 12.5. The molecule has 24 heavy (non-hydrogen) atoms. The van der Waals surface area contributed by atoms with Gasteiger partial charge < -0.3 is 9.64 Å². The van der Waals surface area contributed by atoms with Gasteiger partial charge in [0.2, 0.25) is 5.91 Å². The number of pyridine rings is 1. The molecule has 0 radical (unpaired) electrons. The zero-order chi connectivity index (χ0) is 16.8. The number of carbonyl (C=O) groups is 1. The lowest BCUT2D eigenvalue weighted by molar-refractivity contribution is -0.132. The normalized spacial score (nSPS) is 19.9. The number of hydrogen-bond donors (Lipinski definition) is 2. The number of likely N-dealkylation sites (N-methyl/N-ethyl adjacent to an activating group) is 1. The molecule has 3 rings (SSSR count). The number of amides is 1. The molecule has 1 saturated heterocycles. The number of rotatable bonds is 6. The summed E-state index contributed by atoms with van der Waals surface area (Å²) in [4.78, 5) is 18.5. The van der Waals surface area contributed by atoms with Crippen molar-refractivity contribution < 1.29 is 9.53 Å². The highest BCUT2D eigenvalue weighted by Gasteiger charge is 2.32. The van der Waals surface area contributed by atoms with Crippen molar-refractivity contribution in [3.05, 3.63) is 60.4 Å². The lowest BCUT2D eigenvalue weighted by Gasteiger charge is -2.20. The SMILES string of the molecule is CN(CCOc1ccccc1)C(=O)C1CC(c2ccccn2)NN1. The van der Waals surface area contributed by atoms with Gasteiger partial charge in [-0.1, -0.05) is 24.3 Å². The van der Waals surface area contributed by atoms with Gasteiger partial charge in [-0.2, -0.15) is 0 Å². The summed E-state index contributed by atoms with van der Waals surface area (Å²) >= 11 is 0. The van der Waals surface area contributed by atoms with Gasteiger partial charge in [-0.25, -0.2) is 10.9 Å². The molecule has 2 unspecified atom stereocenters. The van der Waals surface area contributed by atoms with E-state index in [9.17, 15) is 4.79 Å². The molecule has 6 heteroatoms. The lowest BCUT2D eigenvalue weighted by atomic mass is 10.1. The number of benzene rings is 1. The molecule has 1 amide bonds. The molecule has 1 fully saturated rings. The summed E-state index contributed by atoms with van der Waals surface area (Å²) in [5, 5.41) is 0. The summed E-state index contributed by atoms with van der Waals surface area (Å²) in [6, 6.07) is 15.2. The Morgan fingerprint density at radius 2 is 2.00 bits per heavy atom. The van der Waals surface area contributed by atoms with Crippen LogP contribution in [0.1, 0.15) is 18.2 Å². The first-order valence-electron chi connectivity index (χ1n) is 8.09. The monoisotopic (exact) mass is 326 g/mol. The maximum Gasteiger partial charge on any atom is 0.240 e. The van der Waals surface area contributed by atoms with Crippen molar-refractivity contribution in [1.82, 2.24) is 20.7 Å². The topological polar surface area (TPSA) is 66.5 Å². The average molecular weight is 326 g/mol.